The quantitative estimate of drug-likeness (QED) is 0.585. The van der Waals surface area contributed by atoms with Gasteiger partial charge in [-0.25, -0.2) is 0 Å². The molecule has 1 N–H and O–H groups in total. The van der Waals surface area contributed by atoms with Gasteiger partial charge < -0.3 is 10.1 Å². The van der Waals surface area contributed by atoms with E-state index >= 15 is 0 Å². The van der Waals surface area contributed by atoms with Crippen molar-refractivity contribution < 1.29 is 14.5 Å². The summed E-state index contributed by atoms with van der Waals surface area (Å²) in [7, 11) is 0. The molecule has 0 atom stereocenters. The van der Waals surface area contributed by atoms with Crippen LogP contribution in [-0.2, 0) is 17.6 Å². The minimum atomic E-state index is -0.492. The molecule has 0 saturated carbocycles. The molecule has 0 spiro atoms. The van der Waals surface area contributed by atoms with Crippen LogP contribution in [-0.4, -0.2) is 17.4 Å². The predicted molar refractivity (Wildman–Crippen MR) is 97.4 cm³/mol. The van der Waals surface area contributed by atoms with Gasteiger partial charge in [0.1, 0.15) is 5.75 Å². The van der Waals surface area contributed by atoms with Gasteiger partial charge in [0.05, 0.1) is 4.92 Å². The van der Waals surface area contributed by atoms with Crippen LogP contribution in [0.4, 0.5) is 11.4 Å². The Bertz CT molecular complexity index is 775. The summed E-state index contributed by atoms with van der Waals surface area (Å²) in [5.41, 5.74) is 2.60. The van der Waals surface area contributed by atoms with Gasteiger partial charge >= 0.3 is 0 Å². The molecule has 0 unspecified atom stereocenters. The first-order valence-corrected chi connectivity index (χ1v) is 8.31. The summed E-state index contributed by atoms with van der Waals surface area (Å²) < 4.78 is 5.38. The zero-order valence-corrected chi connectivity index (χ0v) is 14.8. The standard InChI is InChI=1S/C18H19ClN2O4/c1-3-12-5-10-16(19)15(4-2)18(12)20-17(22)11-25-14-8-6-13(7-9-14)21(23)24/h5-10H,3-4,11H2,1-2H3,(H,20,22). The SMILES string of the molecule is CCc1ccc(Cl)c(CC)c1NC(=O)COc1ccc([N+](=O)[O-])cc1. The molecule has 0 heterocycles. The molecule has 6 nitrogen and oxygen atoms in total. The van der Waals surface area contributed by atoms with E-state index < -0.39 is 4.92 Å². The van der Waals surface area contributed by atoms with Crippen LogP contribution in [0, 0.1) is 10.1 Å². The van der Waals surface area contributed by atoms with Crippen LogP contribution in [0.15, 0.2) is 36.4 Å². The number of aryl methyl sites for hydroxylation is 1. The van der Waals surface area contributed by atoms with Gasteiger partial charge in [-0.1, -0.05) is 31.5 Å². The fraction of sp³-hybridized carbons (Fsp3) is 0.278. The summed E-state index contributed by atoms with van der Waals surface area (Å²) in [6, 6.07) is 9.30. The molecular formula is C18H19ClN2O4. The Hall–Kier alpha value is -2.60. The largest absolute Gasteiger partial charge is 0.484 e. The number of rotatable bonds is 7. The van der Waals surface area contributed by atoms with E-state index in [1.807, 2.05) is 26.0 Å². The molecule has 0 bridgehead atoms. The average Bonchev–Trinajstić information content (AvgIpc) is 2.61. The molecule has 132 valence electrons. The molecule has 0 fully saturated rings. The normalized spacial score (nSPS) is 10.4. The summed E-state index contributed by atoms with van der Waals surface area (Å²) >= 11 is 6.22. The number of nitro groups is 1. The van der Waals surface area contributed by atoms with Crippen molar-refractivity contribution in [2.45, 2.75) is 26.7 Å². The molecule has 2 aromatic rings. The highest BCUT2D eigenvalue weighted by Gasteiger charge is 2.14. The van der Waals surface area contributed by atoms with Gasteiger partial charge in [-0.15, -0.1) is 0 Å². The van der Waals surface area contributed by atoms with Crippen molar-refractivity contribution in [3.05, 3.63) is 62.7 Å². The Morgan fingerprint density at radius 2 is 1.84 bits per heavy atom. The van der Waals surface area contributed by atoms with E-state index in [1.165, 1.54) is 24.3 Å². The highest BCUT2D eigenvalue weighted by Crippen LogP contribution is 2.29. The van der Waals surface area contributed by atoms with E-state index in [0.29, 0.717) is 17.2 Å². The topological polar surface area (TPSA) is 81.5 Å². The number of nitrogens with one attached hydrogen (secondary N) is 1. The van der Waals surface area contributed by atoms with Gasteiger partial charge in [0.25, 0.3) is 11.6 Å². The van der Waals surface area contributed by atoms with Gasteiger partial charge in [-0.3, -0.25) is 14.9 Å². The van der Waals surface area contributed by atoms with Crippen molar-refractivity contribution in [3.8, 4) is 5.75 Å². The van der Waals surface area contributed by atoms with Gasteiger partial charge in [0, 0.05) is 22.8 Å². The lowest BCUT2D eigenvalue weighted by atomic mass is 10.0. The molecule has 0 radical (unpaired) electrons. The molecule has 0 saturated heterocycles. The Kier molecular flexibility index (Phi) is 6.36. The maximum absolute atomic E-state index is 12.2. The van der Waals surface area contributed by atoms with E-state index in [1.54, 1.807) is 0 Å². The molecule has 25 heavy (non-hydrogen) atoms. The number of ether oxygens (including phenoxy) is 1. The first kappa shape index (κ1) is 18.7. The maximum Gasteiger partial charge on any atom is 0.269 e. The van der Waals surface area contributed by atoms with Crippen molar-refractivity contribution in [2.75, 3.05) is 11.9 Å². The molecule has 1 amide bonds. The Labute approximate surface area is 150 Å². The predicted octanol–water partition coefficient (Wildman–Crippen LogP) is 4.39. The van der Waals surface area contributed by atoms with Crippen molar-refractivity contribution >= 4 is 28.9 Å². The minimum Gasteiger partial charge on any atom is -0.484 e. The lowest BCUT2D eigenvalue weighted by molar-refractivity contribution is -0.384. The number of anilines is 1. The summed E-state index contributed by atoms with van der Waals surface area (Å²) in [4.78, 5) is 22.3. The van der Waals surface area contributed by atoms with Gasteiger partial charge in [-0.2, -0.15) is 0 Å². The fourth-order valence-corrected chi connectivity index (χ4v) is 2.75. The number of nitrogens with zero attached hydrogens (tertiary/aromatic N) is 1. The number of hydrogen-bond donors (Lipinski definition) is 1. The van der Waals surface area contributed by atoms with E-state index in [4.69, 9.17) is 16.3 Å². The second-order valence-corrected chi connectivity index (χ2v) is 5.76. The Morgan fingerprint density at radius 3 is 2.40 bits per heavy atom. The van der Waals surface area contributed by atoms with Crippen LogP contribution in [0.1, 0.15) is 25.0 Å². The molecule has 2 aromatic carbocycles. The first-order valence-electron chi connectivity index (χ1n) is 7.93. The van der Waals surface area contributed by atoms with E-state index in [9.17, 15) is 14.9 Å². The molecule has 2 rings (SSSR count). The number of amides is 1. The van der Waals surface area contributed by atoms with Gasteiger partial charge in [0.15, 0.2) is 6.61 Å². The second kappa shape index (κ2) is 8.48. The van der Waals surface area contributed by atoms with Crippen molar-refractivity contribution in [2.24, 2.45) is 0 Å². The van der Waals surface area contributed by atoms with Crippen LogP contribution in [0.5, 0.6) is 5.75 Å². The van der Waals surface area contributed by atoms with Crippen molar-refractivity contribution in [1.82, 2.24) is 0 Å². The van der Waals surface area contributed by atoms with Crippen LogP contribution in [0.3, 0.4) is 0 Å². The summed E-state index contributed by atoms with van der Waals surface area (Å²) in [6.07, 6.45) is 1.47. The van der Waals surface area contributed by atoms with Gasteiger partial charge in [0.2, 0.25) is 0 Å². The third kappa shape index (κ3) is 4.70. The van der Waals surface area contributed by atoms with Crippen LogP contribution in [0.2, 0.25) is 5.02 Å². The molecular weight excluding hydrogens is 344 g/mol. The molecule has 0 aromatic heterocycles. The number of nitro benzene ring substituents is 1. The summed E-state index contributed by atoms with van der Waals surface area (Å²) in [6.45, 7) is 3.78. The number of carbonyl (C=O) groups is 1. The summed E-state index contributed by atoms with van der Waals surface area (Å²) in [5, 5.41) is 14.1. The van der Waals surface area contributed by atoms with Crippen LogP contribution >= 0.6 is 11.6 Å². The molecule has 0 aliphatic heterocycles. The zero-order chi connectivity index (χ0) is 18.4. The minimum absolute atomic E-state index is 0.0316. The maximum atomic E-state index is 12.2. The number of halogens is 1. The third-order valence-electron chi connectivity index (χ3n) is 3.76. The number of hydrogen-bond acceptors (Lipinski definition) is 4. The number of carbonyl (C=O) groups excluding carboxylic acids is 1. The third-order valence-corrected chi connectivity index (χ3v) is 4.11. The van der Waals surface area contributed by atoms with Crippen molar-refractivity contribution in [1.29, 1.82) is 0 Å². The van der Waals surface area contributed by atoms with Gasteiger partial charge in [-0.05, 0) is 42.2 Å². The fourth-order valence-electron chi connectivity index (χ4n) is 2.46. The second-order valence-electron chi connectivity index (χ2n) is 5.36. The lowest BCUT2D eigenvalue weighted by Crippen LogP contribution is -2.22. The summed E-state index contributed by atoms with van der Waals surface area (Å²) in [5.74, 6) is 0.0725. The smallest absolute Gasteiger partial charge is 0.269 e. The first-order chi connectivity index (χ1) is 12.0. The molecule has 0 aliphatic rings. The molecule has 0 aliphatic carbocycles. The highest BCUT2D eigenvalue weighted by atomic mass is 35.5. The number of benzene rings is 2. The van der Waals surface area contributed by atoms with E-state index in [0.717, 1.165) is 23.2 Å². The average molecular weight is 363 g/mol. The van der Waals surface area contributed by atoms with E-state index in [-0.39, 0.29) is 18.2 Å². The Morgan fingerprint density at radius 1 is 1.16 bits per heavy atom. The number of non-ortho nitro benzene ring substituents is 1. The van der Waals surface area contributed by atoms with Crippen molar-refractivity contribution in [3.63, 3.8) is 0 Å². The van der Waals surface area contributed by atoms with Crippen LogP contribution < -0.4 is 10.1 Å². The lowest BCUT2D eigenvalue weighted by Gasteiger charge is -2.16. The van der Waals surface area contributed by atoms with E-state index in [2.05, 4.69) is 5.32 Å². The zero-order valence-electron chi connectivity index (χ0n) is 14.0. The Balaban J connectivity index is 2.05. The molecule has 7 heteroatoms. The highest BCUT2D eigenvalue weighted by molar-refractivity contribution is 6.32. The van der Waals surface area contributed by atoms with Crippen LogP contribution in [0.25, 0.3) is 0 Å². The monoisotopic (exact) mass is 362 g/mol.